The summed E-state index contributed by atoms with van der Waals surface area (Å²) < 4.78 is 0. The van der Waals surface area contributed by atoms with Gasteiger partial charge >= 0.3 is 0 Å². The van der Waals surface area contributed by atoms with E-state index in [0.29, 0.717) is 11.9 Å². The summed E-state index contributed by atoms with van der Waals surface area (Å²) in [5.74, 6) is 2.28. The molecule has 0 aromatic rings. The van der Waals surface area contributed by atoms with E-state index in [-0.39, 0.29) is 5.41 Å². The molecule has 0 aromatic carbocycles. The molecule has 3 rings (SSSR count). The van der Waals surface area contributed by atoms with Crippen molar-refractivity contribution in [3.63, 3.8) is 0 Å². The van der Waals surface area contributed by atoms with Crippen molar-refractivity contribution in [1.29, 1.82) is 0 Å². The highest BCUT2D eigenvalue weighted by Gasteiger charge is 2.40. The second-order valence-corrected chi connectivity index (χ2v) is 8.26. The molecule has 114 valence electrons. The van der Waals surface area contributed by atoms with E-state index in [1.165, 1.54) is 25.7 Å². The lowest BCUT2D eigenvalue weighted by Gasteiger charge is -2.38. The molecule has 0 spiro atoms. The van der Waals surface area contributed by atoms with Crippen LogP contribution in [0.4, 0.5) is 0 Å². The molecule has 2 saturated carbocycles. The number of amides is 1. The smallest absolute Gasteiger partial charge is 0.227 e. The van der Waals surface area contributed by atoms with E-state index in [0.717, 1.165) is 43.8 Å². The Kier molecular flexibility index (Phi) is 3.83. The van der Waals surface area contributed by atoms with Crippen LogP contribution in [0.1, 0.15) is 59.3 Å². The molecule has 2 bridgehead atoms. The summed E-state index contributed by atoms with van der Waals surface area (Å²) in [6, 6.07) is 1.42. The molecule has 1 heterocycles. The van der Waals surface area contributed by atoms with Crippen LogP contribution < -0.4 is 5.32 Å². The average molecular weight is 278 g/mol. The van der Waals surface area contributed by atoms with Crippen LogP contribution in [0, 0.1) is 17.3 Å². The van der Waals surface area contributed by atoms with Gasteiger partial charge in [-0.2, -0.15) is 0 Å². The predicted octanol–water partition coefficient (Wildman–Crippen LogP) is 2.80. The summed E-state index contributed by atoms with van der Waals surface area (Å²) in [6.07, 6.45) is 8.07. The second-order valence-electron chi connectivity index (χ2n) is 8.26. The first-order valence-electron chi connectivity index (χ1n) is 8.49. The maximum absolute atomic E-state index is 12.3. The Labute approximate surface area is 123 Å². The summed E-state index contributed by atoms with van der Waals surface area (Å²) in [4.78, 5) is 14.3. The zero-order valence-electron chi connectivity index (χ0n) is 13.3. The Bertz CT molecular complexity index is 366. The fourth-order valence-electron chi connectivity index (χ4n) is 4.48. The molecule has 20 heavy (non-hydrogen) atoms. The molecule has 1 saturated heterocycles. The van der Waals surface area contributed by atoms with E-state index >= 15 is 0 Å². The minimum absolute atomic E-state index is 0.231. The van der Waals surface area contributed by atoms with Crippen molar-refractivity contribution < 1.29 is 4.79 Å². The molecule has 1 N–H and O–H groups in total. The van der Waals surface area contributed by atoms with E-state index in [4.69, 9.17) is 0 Å². The van der Waals surface area contributed by atoms with Gasteiger partial charge in [0, 0.05) is 30.6 Å². The fraction of sp³-hybridized carbons (Fsp3) is 0.941. The lowest BCUT2D eigenvalue weighted by Crippen LogP contribution is -2.50. The Morgan fingerprint density at radius 2 is 1.75 bits per heavy atom. The van der Waals surface area contributed by atoms with Crippen LogP contribution in [0.3, 0.4) is 0 Å². The molecule has 2 aliphatic carbocycles. The van der Waals surface area contributed by atoms with Gasteiger partial charge in [-0.15, -0.1) is 0 Å². The van der Waals surface area contributed by atoms with Crippen molar-refractivity contribution in [3.05, 3.63) is 0 Å². The molecule has 3 atom stereocenters. The molecule has 3 fully saturated rings. The number of hydrogen-bond donors (Lipinski definition) is 1. The lowest BCUT2D eigenvalue weighted by atomic mass is 9.91. The molecule has 0 aromatic heterocycles. The Hall–Kier alpha value is -0.570. The number of piperidine rings is 1. The van der Waals surface area contributed by atoms with Gasteiger partial charge in [0.1, 0.15) is 0 Å². The SMILES string of the molecule is CC(C)(C)C(=O)N1CCC(NC2CC3CCC2C3)CC1. The first-order valence-corrected chi connectivity index (χ1v) is 8.49. The van der Waals surface area contributed by atoms with Gasteiger partial charge in [-0.3, -0.25) is 4.79 Å². The van der Waals surface area contributed by atoms with Gasteiger partial charge in [0.05, 0.1) is 0 Å². The van der Waals surface area contributed by atoms with Crippen LogP contribution in [0.2, 0.25) is 0 Å². The van der Waals surface area contributed by atoms with Crippen LogP contribution in [0.15, 0.2) is 0 Å². The molecule has 1 amide bonds. The number of nitrogens with zero attached hydrogens (tertiary/aromatic N) is 1. The fourth-order valence-corrected chi connectivity index (χ4v) is 4.48. The number of carbonyl (C=O) groups is 1. The largest absolute Gasteiger partial charge is 0.342 e. The van der Waals surface area contributed by atoms with Crippen molar-refractivity contribution in [2.45, 2.75) is 71.4 Å². The summed E-state index contributed by atoms with van der Waals surface area (Å²) in [5.41, 5.74) is -0.231. The van der Waals surface area contributed by atoms with Crippen molar-refractivity contribution >= 4 is 5.91 Å². The third-order valence-corrected chi connectivity index (χ3v) is 5.61. The van der Waals surface area contributed by atoms with Crippen molar-refractivity contribution in [2.75, 3.05) is 13.1 Å². The maximum Gasteiger partial charge on any atom is 0.227 e. The normalized spacial score (nSPS) is 34.8. The Balaban J connectivity index is 1.46. The topological polar surface area (TPSA) is 32.3 Å². The molecular formula is C17H30N2O. The molecular weight excluding hydrogens is 248 g/mol. The Morgan fingerprint density at radius 3 is 2.25 bits per heavy atom. The van der Waals surface area contributed by atoms with Gasteiger partial charge in [0.2, 0.25) is 5.91 Å². The highest BCUT2D eigenvalue weighted by Crippen LogP contribution is 2.44. The van der Waals surface area contributed by atoms with Crippen LogP contribution >= 0.6 is 0 Å². The zero-order chi connectivity index (χ0) is 14.3. The van der Waals surface area contributed by atoms with E-state index < -0.39 is 0 Å². The van der Waals surface area contributed by atoms with Crippen LogP contribution in [-0.4, -0.2) is 36.0 Å². The summed E-state index contributed by atoms with van der Waals surface area (Å²) in [6.45, 7) is 7.95. The first-order chi connectivity index (χ1) is 9.43. The standard InChI is InChI=1S/C17H30N2O/c1-17(2,3)16(20)19-8-6-14(7-9-19)18-15-11-12-4-5-13(15)10-12/h12-15,18H,4-11H2,1-3H3. The number of carbonyl (C=O) groups excluding carboxylic acids is 1. The van der Waals surface area contributed by atoms with E-state index in [2.05, 4.69) is 10.2 Å². The van der Waals surface area contributed by atoms with Crippen molar-refractivity contribution in [3.8, 4) is 0 Å². The van der Waals surface area contributed by atoms with E-state index in [9.17, 15) is 4.79 Å². The van der Waals surface area contributed by atoms with Crippen molar-refractivity contribution in [1.82, 2.24) is 10.2 Å². The van der Waals surface area contributed by atoms with E-state index in [1.54, 1.807) is 0 Å². The van der Waals surface area contributed by atoms with Gasteiger partial charge in [-0.1, -0.05) is 27.2 Å². The van der Waals surface area contributed by atoms with E-state index in [1.807, 2.05) is 20.8 Å². The first kappa shape index (κ1) is 14.4. The molecule has 3 nitrogen and oxygen atoms in total. The van der Waals surface area contributed by atoms with Crippen LogP contribution in [0.5, 0.6) is 0 Å². The van der Waals surface area contributed by atoms with Gasteiger partial charge in [0.25, 0.3) is 0 Å². The zero-order valence-corrected chi connectivity index (χ0v) is 13.3. The van der Waals surface area contributed by atoms with Gasteiger partial charge in [-0.25, -0.2) is 0 Å². The summed E-state index contributed by atoms with van der Waals surface area (Å²) in [7, 11) is 0. The molecule has 3 unspecified atom stereocenters. The third kappa shape index (κ3) is 2.88. The Morgan fingerprint density at radius 1 is 1.05 bits per heavy atom. The molecule has 3 heteroatoms. The van der Waals surface area contributed by atoms with Gasteiger partial charge in [-0.05, 0) is 43.9 Å². The van der Waals surface area contributed by atoms with Crippen LogP contribution in [0.25, 0.3) is 0 Å². The quantitative estimate of drug-likeness (QED) is 0.842. The molecule has 0 radical (unpaired) electrons. The van der Waals surface area contributed by atoms with Gasteiger partial charge < -0.3 is 10.2 Å². The maximum atomic E-state index is 12.3. The number of rotatable bonds is 2. The predicted molar refractivity (Wildman–Crippen MR) is 81.4 cm³/mol. The monoisotopic (exact) mass is 278 g/mol. The van der Waals surface area contributed by atoms with Crippen molar-refractivity contribution in [2.24, 2.45) is 17.3 Å². The van der Waals surface area contributed by atoms with Crippen LogP contribution in [-0.2, 0) is 4.79 Å². The third-order valence-electron chi connectivity index (χ3n) is 5.61. The highest BCUT2D eigenvalue weighted by molar-refractivity contribution is 5.81. The molecule has 1 aliphatic heterocycles. The summed E-state index contributed by atoms with van der Waals surface area (Å²) >= 11 is 0. The number of fused-ring (bicyclic) bond motifs is 2. The molecule has 3 aliphatic rings. The average Bonchev–Trinajstić information content (AvgIpc) is 3.00. The summed E-state index contributed by atoms with van der Waals surface area (Å²) in [5, 5.41) is 3.91. The number of nitrogens with one attached hydrogen (secondary N) is 1. The lowest BCUT2D eigenvalue weighted by molar-refractivity contribution is -0.140. The number of likely N-dealkylation sites (tertiary alicyclic amines) is 1. The highest BCUT2D eigenvalue weighted by atomic mass is 16.2. The van der Waals surface area contributed by atoms with Gasteiger partial charge in [0.15, 0.2) is 0 Å². The number of hydrogen-bond acceptors (Lipinski definition) is 2. The second kappa shape index (κ2) is 5.32. The minimum Gasteiger partial charge on any atom is -0.342 e. The minimum atomic E-state index is -0.231.